The van der Waals surface area contributed by atoms with E-state index in [2.05, 4.69) is 36.8 Å². The highest BCUT2D eigenvalue weighted by molar-refractivity contribution is 9.24. The molecule has 8 heteroatoms. The Hall–Kier alpha value is -1.80. The summed E-state index contributed by atoms with van der Waals surface area (Å²) >= 11 is 6.46. The van der Waals surface area contributed by atoms with Crippen molar-refractivity contribution < 1.29 is 23.5 Å². The predicted octanol–water partition coefficient (Wildman–Crippen LogP) is 3.42. The van der Waals surface area contributed by atoms with E-state index < -0.39 is 21.3 Å². The minimum Gasteiger partial charge on any atom is -0.462 e. The van der Waals surface area contributed by atoms with Gasteiger partial charge in [-0.15, -0.1) is 0 Å². The summed E-state index contributed by atoms with van der Waals surface area (Å²) in [5.74, 6) is -1.80. The molecule has 0 saturated carbocycles. The van der Waals surface area contributed by atoms with Crippen molar-refractivity contribution in [2.45, 2.75) is 10.7 Å². The van der Waals surface area contributed by atoms with Gasteiger partial charge in [0.05, 0.1) is 17.7 Å². The van der Waals surface area contributed by atoms with Crippen molar-refractivity contribution >= 4 is 49.4 Å². The van der Waals surface area contributed by atoms with Crippen molar-refractivity contribution in [1.82, 2.24) is 4.98 Å². The molecule has 2 aromatic rings. The summed E-state index contributed by atoms with van der Waals surface area (Å²) in [5.41, 5.74) is -0.00111. The van der Waals surface area contributed by atoms with Gasteiger partial charge < -0.3 is 9.15 Å². The zero-order valence-corrected chi connectivity index (χ0v) is 14.9. The lowest BCUT2D eigenvalue weighted by Crippen LogP contribution is -2.23. The van der Waals surface area contributed by atoms with Crippen LogP contribution < -0.4 is 0 Å². The number of ketones is 2. The molecule has 0 fully saturated rings. The molecule has 6 nitrogen and oxygen atoms in total. The number of hydrogen-bond donors (Lipinski definition) is 0. The Labute approximate surface area is 147 Å². The average molecular weight is 443 g/mol. The summed E-state index contributed by atoms with van der Waals surface area (Å²) in [6.45, 7) is 1.78. The van der Waals surface area contributed by atoms with E-state index in [1.165, 1.54) is 12.3 Å². The minimum absolute atomic E-state index is 0.00333. The van der Waals surface area contributed by atoms with E-state index >= 15 is 0 Å². The maximum absolute atomic E-state index is 12.7. The second kappa shape index (κ2) is 6.01. The van der Waals surface area contributed by atoms with Crippen LogP contribution >= 0.6 is 31.9 Å². The van der Waals surface area contributed by atoms with Crippen LogP contribution in [0.5, 0.6) is 0 Å². The van der Waals surface area contributed by atoms with Gasteiger partial charge in [-0.2, -0.15) is 0 Å². The molecule has 0 radical (unpaired) electrons. The third kappa shape index (κ3) is 2.46. The normalized spacial score (nSPS) is 13.0. The van der Waals surface area contributed by atoms with Crippen molar-refractivity contribution in [2.24, 2.45) is 0 Å². The lowest BCUT2D eigenvalue weighted by Gasteiger charge is -2.12. The summed E-state index contributed by atoms with van der Waals surface area (Å²) in [6.07, 6.45) is 1.41. The smallest absolute Gasteiger partial charge is 0.342 e. The van der Waals surface area contributed by atoms with Crippen LogP contribution in [-0.2, 0) is 4.74 Å². The summed E-state index contributed by atoms with van der Waals surface area (Å²) < 4.78 is 9.94. The first-order valence-electron chi connectivity index (χ1n) is 6.63. The molecule has 1 aliphatic carbocycles. The van der Waals surface area contributed by atoms with Crippen LogP contribution in [0, 0.1) is 0 Å². The highest BCUT2D eigenvalue weighted by Crippen LogP contribution is 2.40. The number of esters is 1. The van der Waals surface area contributed by atoms with Crippen LogP contribution in [0.3, 0.4) is 0 Å². The van der Waals surface area contributed by atoms with Crippen molar-refractivity contribution in [1.29, 1.82) is 0 Å². The summed E-state index contributed by atoms with van der Waals surface area (Å²) in [7, 11) is 0. The topological polar surface area (TPSA) is 86.5 Å². The number of hydrogen-bond acceptors (Lipinski definition) is 6. The van der Waals surface area contributed by atoms with E-state index in [1.807, 2.05) is 0 Å². The molecule has 0 N–H and O–H groups in total. The third-order valence-corrected chi connectivity index (χ3v) is 4.15. The van der Waals surface area contributed by atoms with Gasteiger partial charge in [-0.1, -0.05) is 31.9 Å². The number of nitrogens with zero attached hydrogens (tertiary/aromatic N) is 1. The molecule has 0 saturated heterocycles. The fourth-order valence-electron chi connectivity index (χ4n) is 2.40. The Morgan fingerprint density at radius 3 is 2.74 bits per heavy atom. The number of furan rings is 1. The maximum atomic E-state index is 12.7. The summed E-state index contributed by atoms with van der Waals surface area (Å²) in [5, 5.41) is 0. The predicted molar refractivity (Wildman–Crippen MR) is 86.4 cm³/mol. The van der Waals surface area contributed by atoms with Gasteiger partial charge >= 0.3 is 5.97 Å². The molecule has 2 heterocycles. The van der Waals surface area contributed by atoms with Crippen LogP contribution in [0.4, 0.5) is 0 Å². The first-order chi connectivity index (χ1) is 11.0. The van der Waals surface area contributed by atoms with Crippen molar-refractivity contribution in [2.75, 3.05) is 6.61 Å². The number of carbonyl (C=O) groups is 3. The largest absolute Gasteiger partial charge is 0.462 e. The second-order valence-corrected chi connectivity index (χ2v) is 7.68. The van der Waals surface area contributed by atoms with Gasteiger partial charge in [0, 0.05) is 6.20 Å². The molecule has 0 bridgehead atoms. The lowest BCUT2D eigenvalue weighted by atomic mass is 9.90. The molecule has 2 aromatic heterocycles. The number of carbonyl (C=O) groups excluding carboxylic acids is 3. The van der Waals surface area contributed by atoms with Gasteiger partial charge in [-0.3, -0.25) is 14.6 Å². The van der Waals surface area contributed by atoms with Gasteiger partial charge in [-0.25, -0.2) is 4.79 Å². The van der Waals surface area contributed by atoms with Crippen LogP contribution in [0.15, 0.2) is 22.7 Å². The zero-order chi connectivity index (χ0) is 16.7. The van der Waals surface area contributed by atoms with Gasteiger partial charge in [0.1, 0.15) is 20.8 Å². The van der Waals surface area contributed by atoms with Crippen molar-refractivity contribution in [3.8, 4) is 0 Å². The van der Waals surface area contributed by atoms with E-state index in [0.29, 0.717) is 0 Å². The summed E-state index contributed by atoms with van der Waals surface area (Å²) in [4.78, 5) is 41.5. The quantitative estimate of drug-likeness (QED) is 0.456. The first kappa shape index (κ1) is 16.1. The Kier molecular flexibility index (Phi) is 4.20. The molecule has 0 amide bonds. The monoisotopic (exact) mass is 441 g/mol. The molecule has 0 unspecified atom stereocenters. The molecule has 1 aliphatic rings. The van der Waals surface area contributed by atoms with Crippen LogP contribution in [0.1, 0.15) is 58.9 Å². The van der Waals surface area contributed by atoms with E-state index in [9.17, 15) is 14.4 Å². The molecule has 118 valence electrons. The van der Waals surface area contributed by atoms with Crippen molar-refractivity contribution in [3.05, 3.63) is 52.2 Å². The maximum Gasteiger partial charge on any atom is 0.342 e. The van der Waals surface area contributed by atoms with Crippen LogP contribution in [0.2, 0.25) is 0 Å². The van der Waals surface area contributed by atoms with E-state index in [0.717, 1.165) is 0 Å². The zero-order valence-electron chi connectivity index (χ0n) is 11.8. The Morgan fingerprint density at radius 1 is 1.35 bits per heavy atom. The van der Waals surface area contributed by atoms with Crippen molar-refractivity contribution in [3.63, 3.8) is 0 Å². The molecular formula is C15H9Br2NO5. The number of aromatic nitrogens is 1. The van der Waals surface area contributed by atoms with E-state index in [4.69, 9.17) is 9.15 Å². The number of alkyl halides is 2. The minimum atomic E-state index is -0.725. The number of halogens is 2. The lowest BCUT2D eigenvalue weighted by molar-refractivity contribution is 0.0521. The number of fused-ring (bicyclic) bond motifs is 2. The number of pyridine rings is 1. The Morgan fingerprint density at radius 2 is 2.09 bits per heavy atom. The van der Waals surface area contributed by atoms with E-state index in [1.54, 1.807) is 13.0 Å². The number of rotatable bonds is 3. The fourth-order valence-corrected chi connectivity index (χ4v) is 3.04. The molecule has 0 spiro atoms. The molecular weight excluding hydrogens is 434 g/mol. The fraction of sp³-hybridized carbons (Fsp3) is 0.200. The van der Waals surface area contributed by atoms with Gasteiger partial charge in [0.15, 0.2) is 5.76 Å². The molecule has 23 heavy (non-hydrogen) atoms. The SMILES string of the molecule is CCOC(=O)c1c(C(Br)Br)oc2c1C(=O)c1ncccc1C2=O. The molecule has 3 rings (SSSR count). The molecule has 0 aromatic carbocycles. The summed E-state index contributed by atoms with van der Waals surface area (Å²) in [6, 6.07) is 3.06. The van der Waals surface area contributed by atoms with E-state index in [-0.39, 0.29) is 40.5 Å². The highest BCUT2D eigenvalue weighted by atomic mass is 79.9. The van der Waals surface area contributed by atoms with Gasteiger partial charge in [-0.05, 0) is 19.1 Å². The van der Waals surface area contributed by atoms with Gasteiger partial charge in [0.25, 0.3) is 0 Å². The van der Waals surface area contributed by atoms with Gasteiger partial charge in [0.2, 0.25) is 11.6 Å². The Bertz CT molecular complexity index is 840. The molecule has 0 aliphatic heterocycles. The van der Waals surface area contributed by atoms with Crippen LogP contribution in [-0.4, -0.2) is 29.1 Å². The highest BCUT2D eigenvalue weighted by Gasteiger charge is 2.41. The van der Waals surface area contributed by atoms with Crippen LogP contribution in [0.25, 0.3) is 0 Å². The second-order valence-electron chi connectivity index (χ2n) is 4.62. The number of ether oxygens (including phenoxy) is 1. The third-order valence-electron chi connectivity index (χ3n) is 3.31. The Balaban J connectivity index is 2.28. The standard InChI is InChI=1S/C15H9Br2NO5/c1-2-22-15(21)8-7-11(20)9-6(4-3-5-18-9)10(19)12(7)23-13(8)14(16)17/h3-5,14H,2H2,1H3. The average Bonchev–Trinajstić information content (AvgIpc) is 2.94. The first-order valence-corrected chi connectivity index (χ1v) is 8.46. The molecule has 0 atom stereocenters.